The van der Waals surface area contributed by atoms with E-state index in [1.54, 1.807) is 44.2 Å². The molecular weight excluding hydrogens is 534 g/mol. The number of rotatable bonds is 13. The molecule has 0 radical (unpaired) electrons. The van der Waals surface area contributed by atoms with Crippen LogP contribution in [0.15, 0.2) is 59.5 Å². The van der Waals surface area contributed by atoms with E-state index < -0.39 is 46.0 Å². The molecule has 1 amide bonds. The molecule has 39 heavy (non-hydrogen) atoms. The Morgan fingerprint density at radius 3 is 2.33 bits per heavy atom. The van der Waals surface area contributed by atoms with E-state index >= 15 is 8.78 Å². The number of carbonyl (C=O) groups is 2. The number of ketones is 1. The number of benzene rings is 2. The number of ether oxygens (including phenoxy) is 3. The molecule has 0 aliphatic carbocycles. The van der Waals surface area contributed by atoms with Gasteiger partial charge in [-0.05, 0) is 42.2 Å². The van der Waals surface area contributed by atoms with Gasteiger partial charge in [0.2, 0.25) is 15.8 Å². The molecule has 0 aromatic heterocycles. The number of alkyl carbamates (subject to hydrolysis) is 1. The van der Waals surface area contributed by atoms with E-state index in [2.05, 4.69) is 5.32 Å². The summed E-state index contributed by atoms with van der Waals surface area (Å²) in [5, 5.41) is 2.28. The molecule has 0 bridgehead atoms. The van der Waals surface area contributed by atoms with E-state index in [0.29, 0.717) is 24.3 Å². The highest BCUT2D eigenvalue weighted by atomic mass is 32.2. The maximum atomic E-state index is 15.9. The number of carbonyl (C=O) groups excluding carboxylic acids is 2. The lowest BCUT2D eigenvalue weighted by atomic mass is 9.91. The quantitative estimate of drug-likeness (QED) is 0.378. The van der Waals surface area contributed by atoms with Gasteiger partial charge in [-0.25, -0.2) is 17.9 Å². The van der Waals surface area contributed by atoms with Crippen LogP contribution in [0.4, 0.5) is 13.6 Å². The van der Waals surface area contributed by atoms with E-state index in [-0.39, 0.29) is 30.3 Å². The number of halogens is 2. The Morgan fingerprint density at radius 1 is 1.10 bits per heavy atom. The Bertz CT molecular complexity index is 1200. The van der Waals surface area contributed by atoms with Gasteiger partial charge in [-0.2, -0.15) is 8.78 Å². The van der Waals surface area contributed by atoms with Crippen LogP contribution in [-0.2, 0) is 30.7 Å². The van der Waals surface area contributed by atoms with E-state index in [1.807, 2.05) is 4.72 Å². The fourth-order valence-electron chi connectivity index (χ4n) is 4.15. The number of hydrogen-bond donors (Lipinski definition) is 2. The summed E-state index contributed by atoms with van der Waals surface area (Å²) in [6.45, 7) is 3.84. The average Bonchev–Trinajstić information content (AvgIpc) is 3.40. The summed E-state index contributed by atoms with van der Waals surface area (Å²) in [5.74, 6) is -5.80. The van der Waals surface area contributed by atoms with E-state index in [1.165, 1.54) is 31.4 Å². The Kier molecular flexibility index (Phi) is 10.4. The molecule has 1 aliphatic rings. The van der Waals surface area contributed by atoms with Crippen LogP contribution < -0.4 is 14.8 Å². The van der Waals surface area contributed by atoms with Gasteiger partial charge in [0.1, 0.15) is 17.9 Å². The Morgan fingerprint density at radius 2 is 1.77 bits per heavy atom. The van der Waals surface area contributed by atoms with Gasteiger partial charge < -0.3 is 19.5 Å². The second kappa shape index (κ2) is 13.3. The fraction of sp³-hybridized carbons (Fsp3) is 0.481. The van der Waals surface area contributed by atoms with Gasteiger partial charge in [0.05, 0.1) is 31.3 Å². The zero-order chi connectivity index (χ0) is 28.6. The van der Waals surface area contributed by atoms with Crippen LogP contribution in [0.3, 0.4) is 0 Å². The normalized spacial score (nSPS) is 17.4. The highest BCUT2D eigenvalue weighted by Gasteiger charge is 2.51. The fourth-order valence-corrected chi connectivity index (χ4v) is 5.40. The van der Waals surface area contributed by atoms with Crippen molar-refractivity contribution in [2.75, 3.05) is 20.3 Å². The first-order valence-electron chi connectivity index (χ1n) is 12.6. The summed E-state index contributed by atoms with van der Waals surface area (Å²) in [5.41, 5.74) is 0.523. The number of alkyl halides is 2. The smallest absolute Gasteiger partial charge is 0.408 e. The average molecular weight is 569 g/mol. The molecule has 1 unspecified atom stereocenters. The lowest BCUT2D eigenvalue weighted by Crippen LogP contribution is -2.58. The molecule has 0 spiro atoms. The minimum atomic E-state index is -4.43. The standard InChI is InChI=1S/C27H34F2N2O7S/c1-18(2)15-24(31-39(34,35)22-11-9-20(36-3)10-12-22)27(28,29)25(32)23(16-19-7-5-4-6-8-19)30-26(33)38-21-13-14-37-17-21/h4-12,18,21,23-24,31H,13-17H2,1-3H3,(H,30,33)/t21-,23+,24?/m0/s1. The molecule has 1 aliphatic heterocycles. The van der Waals surface area contributed by atoms with E-state index in [0.717, 1.165) is 0 Å². The van der Waals surface area contributed by atoms with E-state index in [9.17, 15) is 18.0 Å². The maximum absolute atomic E-state index is 15.9. The number of amides is 1. The largest absolute Gasteiger partial charge is 0.497 e. The highest BCUT2D eigenvalue weighted by molar-refractivity contribution is 7.89. The number of nitrogens with one attached hydrogen (secondary N) is 2. The van der Waals surface area contributed by atoms with Crippen LogP contribution in [-0.4, -0.2) is 64.7 Å². The highest BCUT2D eigenvalue weighted by Crippen LogP contribution is 2.29. The SMILES string of the molecule is COc1ccc(S(=O)(=O)NC(CC(C)C)C(F)(F)C(=O)[C@@H](Cc2ccccc2)NC(=O)O[C@H]2CCOC2)cc1. The molecule has 1 heterocycles. The Hall–Kier alpha value is -3.09. The van der Waals surface area contributed by atoms with Crippen LogP contribution in [0, 0.1) is 5.92 Å². The van der Waals surface area contributed by atoms with Crippen molar-refractivity contribution in [2.45, 2.75) is 62.1 Å². The Balaban J connectivity index is 1.87. The molecule has 9 nitrogen and oxygen atoms in total. The number of hydrogen-bond acceptors (Lipinski definition) is 7. The van der Waals surface area contributed by atoms with Crippen molar-refractivity contribution < 1.29 is 41.0 Å². The summed E-state index contributed by atoms with van der Waals surface area (Å²) < 4.78 is 75.3. The van der Waals surface area contributed by atoms with Gasteiger partial charge in [0, 0.05) is 12.8 Å². The third kappa shape index (κ3) is 8.45. The number of Topliss-reactive ketones (excluding diaryl/α,β-unsaturated/α-hetero) is 1. The van der Waals surface area contributed by atoms with Crippen molar-refractivity contribution in [2.24, 2.45) is 5.92 Å². The predicted octanol–water partition coefficient (Wildman–Crippen LogP) is 3.72. The first-order valence-corrected chi connectivity index (χ1v) is 14.1. The summed E-state index contributed by atoms with van der Waals surface area (Å²) in [7, 11) is -3.03. The van der Waals surface area contributed by atoms with Gasteiger partial charge in [-0.3, -0.25) is 4.79 Å². The van der Waals surface area contributed by atoms with Crippen molar-refractivity contribution in [3.8, 4) is 5.75 Å². The second-order valence-electron chi connectivity index (χ2n) is 9.74. The number of sulfonamides is 1. The molecular formula is C27H34F2N2O7S. The van der Waals surface area contributed by atoms with Crippen LogP contribution in [0.2, 0.25) is 0 Å². The van der Waals surface area contributed by atoms with Crippen molar-refractivity contribution in [1.29, 1.82) is 0 Å². The predicted molar refractivity (Wildman–Crippen MR) is 139 cm³/mol. The summed E-state index contributed by atoms with van der Waals surface area (Å²) in [6, 6.07) is 9.79. The molecule has 0 saturated carbocycles. The minimum Gasteiger partial charge on any atom is -0.497 e. The monoisotopic (exact) mass is 568 g/mol. The molecule has 3 atom stereocenters. The van der Waals surface area contributed by atoms with Gasteiger partial charge >= 0.3 is 12.0 Å². The third-order valence-electron chi connectivity index (χ3n) is 6.19. The molecule has 12 heteroatoms. The molecule has 1 fully saturated rings. The second-order valence-corrected chi connectivity index (χ2v) is 11.5. The Labute approximate surface area is 227 Å². The first kappa shape index (κ1) is 30.5. The molecule has 1 saturated heterocycles. The van der Waals surface area contributed by atoms with Gasteiger partial charge in [0.15, 0.2) is 0 Å². The van der Waals surface area contributed by atoms with Crippen molar-refractivity contribution >= 4 is 21.9 Å². The molecule has 2 aromatic rings. The molecule has 214 valence electrons. The maximum Gasteiger partial charge on any atom is 0.408 e. The van der Waals surface area contributed by atoms with Gasteiger partial charge in [-0.1, -0.05) is 44.2 Å². The van der Waals surface area contributed by atoms with Crippen LogP contribution >= 0.6 is 0 Å². The summed E-state index contributed by atoms with van der Waals surface area (Å²) in [6.07, 6.45) is -1.72. The van der Waals surface area contributed by atoms with Crippen LogP contribution in [0.25, 0.3) is 0 Å². The van der Waals surface area contributed by atoms with Crippen LogP contribution in [0.5, 0.6) is 5.75 Å². The van der Waals surface area contributed by atoms with E-state index in [4.69, 9.17) is 14.2 Å². The third-order valence-corrected chi connectivity index (χ3v) is 7.68. The lowest BCUT2D eigenvalue weighted by Gasteiger charge is -2.31. The number of methoxy groups -OCH3 is 1. The molecule has 3 rings (SSSR count). The molecule has 2 N–H and O–H groups in total. The van der Waals surface area contributed by atoms with Crippen molar-refractivity contribution in [3.05, 3.63) is 60.2 Å². The van der Waals surface area contributed by atoms with Crippen LogP contribution in [0.1, 0.15) is 32.3 Å². The van der Waals surface area contributed by atoms with Crippen molar-refractivity contribution in [3.63, 3.8) is 0 Å². The summed E-state index contributed by atoms with van der Waals surface area (Å²) in [4.78, 5) is 25.6. The zero-order valence-electron chi connectivity index (χ0n) is 22.1. The van der Waals surface area contributed by atoms with Crippen molar-refractivity contribution in [1.82, 2.24) is 10.0 Å². The van der Waals surface area contributed by atoms with Gasteiger partial charge in [0.25, 0.3) is 0 Å². The lowest BCUT2D eigenvalue weighted by molar-refractivity contribution is -0.149. The first-order chi connectivity index (χ1) is 18.4. The zero-order valence-corrected chi connectivity index (χ0v) is 22.9. The molecule has 2 aromatic carbocycles. The minimum absolute atomic E-state index is 0.171. The topological polar surface area (TPSA) is 120 Å². The van der Waals surface area contributed by atoms with Gasteiger partial charge in [-0.15, -0.1) is 0 Å². The summed E-state index contributed by atoms with van der Waals surface area (Å²) >= 11 is 0.